The average Bonchev–Trinajstić information content (AvgIpc) is 2.86. The normalized spacial score (nSPS) is 11.8. The summed E-state index contributed by atoms with van der Waals surface area (Å²) in [5.74, 6) is 0.329. The van der Waals surface area contributed by atoms with Gasteiger partial charge in [-0.3, -0.25) is 9.89 Å². The number of nitrogens with zero attached hydrogens (tertiary/aromatic N) is 1. The minimum absolute atomic E-state index is 0.0246. The van der Waals surface area contributed by atoms with Crippen LogP contribution in [0.5, 0.6) is 0 Å². The zero-order valence-electron chi connectivity index (χ0n) is 12.3. The van der Waals surface area contributed by atoms with E-state index in [4.69, 9.17) is 0 Å². The van der Waals surface area contributed by atoms with Gasteiger partial charge in [-0.15, -0.1) is 0 Å². The highest BCUT2D eigenvalue weighted by Gasteiger charge is 2.16. The minimum atomic E-state index is -0.204. The molecule has 1 aromatic heterocycles. The van der Waals surface area contributed by atoms with Gasteiger partial charge in [0, 0.05) is 27.7 Å². The van der Waals surface area contributed by atoms with Gasteiger partial charge < -0.3 is 5.32 Å². The molecule has 1 heterocycles. The second-order valence-electron chi connectivity index (χ2n) is 5.79. The van der Waals surface area contributed by atoms with E-state index in [9.17, 15) is 4.79 Å². The fourth-order valence-corrected chi connectivity index (χ4v) is 1.95. The molecule has 110 valence electrons. The van der Waals surface area contributed by atoms with Crippen LogP contribution in [0.4, 0.5) is 5.82 Å². The van der Waals surface area contributed by atoms with Gasteiger partial charge in [-0.25, -0.2) is 0 Å². The molecule has 0 unspecified atom stereocenters. The lowest BCUT2D eigenvalue weighted by Crippen LogP contribution is -2.11. The van der Waals surface area contributed by atoms with Gasteiger partial charge in [0.25, 0.3) is 0 Å². The summed E-state index contributed by atoms with van der Waals surface area (Å²) in [6.07, 6.45) is 3.26. The van der Waals surface area contributed by atoms with E-state index in [1.807, 2.05) is 30.3 Å². The molecule has 4 nitrogen and oxygen atoms in total. The maximum absolute atomic E-state index is 11.9. The summed E-state index contributed by atoms with van der Waals surface area (Å²) in [6, 6.07) is 9.58. The first-order valence-electron chi connectivity index (χ1n) is 6.65. The topological polar surface area (TPSA) is 57.8 Å². The summed E-state index contributed by atoms with van der Waals surface area (Å²) in [5, 5.41) is 9.77. The third-order valence-electron chi connectivity index (χ3n) is 2.93. The molecule has 2 N–H and O–H groups in total. The van der Waals surface area contributed by atoms with Gasteiger partial charge in [-0.1, -0.05) is 48.8 Å². The van der Waals surface area contributed by atoms with Crippen LogP contribution in [0.15, 0.2) is 40.9 Å². The van der Waals surface area contributed by atoms with Crippen molar-refractivity contribution in [2.45, 2.75) is 26.2 Å². The third-order valence-corrected chi connectivity index (χ3v) is 3.46. The van der Waals surface area contributed by atoms with Crippen molar-refractivity contribution in [2.75, 3.05) is 5.32 Å². The second-order valence-corrected chi connectivity index (χ2v) is 6.71. The van der Waals surface area contributed by atoms with Gasteiger partial charge in [0.15, 0.2) is 5.82 Å². The van der Waals surface area contributed by atoms with Crippen molar-refractivity contribution >= 4 is 33.7 Å². The Morgan fingerprint density at radius 2 is 1.95 bits per heavy atom. The Kier molecular flexibility index (Phi) is 4.63. The van der Waals surface area contributed by atoms with Gasteiger partial charge in [0.05, 0.1) is 0 Å². The number of hydrogen-bond donors (Lipinski definition) is 2. The van der Waals surface area contributed by atoms with Gasteiger partial charge in [-0.05, 0) is 23.8 Å². The molecule has 1 amide bonds. The number of carbonyl (C=O) groups is 1. The molecular weight excluding hydrogens is 330 g/mol. The van der Waals surface area contributed by atoms with Crippen LogP contribution in [-0.4, -0.2) is 16.1 Å². The standard InChI is InChI=1S/C16H18BrN3O/c1-16(2,3)13-10-14(20-19-13)18-15(21)9-6-11-4-7-12(17)8-5-11/h4-10H,1-3H3,(H2,18,19,20,21)/b9-6+. The minimum Gasteiger partial charge on any atom is -0.306 e. The summed E-state index contributed by atoms with van der Waals surface area (Å²) in [4.78, 5) is 11.9. The van der Waals surface area contributed by atoms with E-state index in [0.717, 1.165) is 15.7 Å². The van der Waals surface area contributed by atoms with Crippen LogP contribution in [0, 0.1) is 0 Å². The zero-order valence-corrected chi connectivity index (χ0v) is 13.9. The number of nitrogens with one attached hydrogen (secondary N) is 2. The molecule has 2 rings (SSSR count). The van der Waals surface area contributed by atoms with E-state index < -0.39 is 0 Å². The maximum atomic E-state index is 11.9. The van der Waals surface area contributed by atoms with Gasteiger partial charge in [0.1, 0.15) is 0 Å². The number of rotatable bonds is 3. The Hall–Kier alpha value is -1.88. The van der Waals surface area contributed by atoms with Crippen LogP contribution in [0.3, 0.4) is 0 Å². The average molecular weight is 348 g/mol. The molecule has 2 aromatic rings. The number of hydrogen-bond acceptors (Lipinski definition) is 2. The Balaban J connectivity index is 1.98. The van der Waals surface area contributed by atoms with Gasteiger partial charge >= 0.3 is 0 Å². The van der Waals surface area contributed by atoms with Crippen molar-refractivity contribution in [3.8, 4) is 0 Å². The molecule has 0 aliphatic rings. The van der Waals surface area contributed by atoms with Crippen molar-refractivity contribution < 1.29 is 4.79 Å². The zero-order chi connectivity index (χ0) is 15.5. The number of H-pyrrole nitrogens is 1. The number of benzene rings is 1. The first kappa shape index (κ1) is 15.5. The summed E-state index contributed by atoms with van der Waals surface area (Å²) in [5.41, 5.74) is 1.92. The summed E-state index contributed by atoms with van der Waals surface area (Å²) in [7, 11) is 0. The fourth-order valence-electron chi connectivity index (χ4n) is 1.68. The Morgan fingerprint density at radius 1 is 1.29 bits per heavy atom. The van der Waals surface area contributed by atoms with Gasteiger partial charge in [0.2, 0.25) is 5.91 Å². The fraction of sp³-hybridized carbons (Fsp3) is 0.250. The van der Waals surface area contributed by atoms with Crippen molar-refractivity contribution in [3.05, 3.63) is 52.1 Å². The molecule has 5 heteroatoms. The lowest BCUT2D eigenvalue weighted by molar-refractivity contribution is -0.111. The number of amides is 1. The molecule has 21 heavy (non-hydrogen) atoms. The molecule has 0 aliphatic heterocycles. The summed E-state index contributed by atoms with van der Waals surface area (Å²) in [6.45, 7) is 6.25. The lowest BCUT2D eigenvalue weighted by atomic mass is 9.92. The first-order chi connectivity index (χ1) is 9.84. The van der Waals surface area contributed by atoms with Crippen LogP contribution in [0.1, 0.15) is 32.0 Å². The molecule has 0 spiro atoms. The molecule has 0 radical (unpaired) electrons. The lowest BCUT2D eigenvalue weighted by Gasteiger charge is -2.14. The molecule has 0 saturated heterocycles. The molecule has 0 atom stereocenters. The van der Waals surface area contributed by atoms with Crippen LogP contribution in [0.25, 0.3) is 6.08 Å². The molecule has 1 aromatic carbocycles. The van der Waals surface area contributed by atoms with Gasteiger partial charge in [-0.2, -0.15) is 5.10 Å². The molecule has 0 aliphatic carbocycles. The SMILES string of the molecule is CC(C)(C)c1cc(NC(=O)/C=C/c2ccc(Br)cc2)n[nH]1. The Morgan fingerprint density at radius 3 is 2.52 bits per heavy atom. The Bertz CT molecular complexity index is 651. The van der Waals surface area contributed by atoms with E-state index in [0.29, 0.717) is 5.82 Å². The van der Waals surface area contributed by atoms with Crippen LogP contribution in [-0.2, 0) is 10.2 Å². The van der Waals surface area contributed by atoms with Crippen molar-refractivity contribution in [3.63, 3.8) is 0 Å². The smallest absolute Gasteiger partial charge is 0.249 e. The molecule has 0 fully saturated rings. The molecule has 0 bridgehead atoms. The van der Waals surface area contributed by atoms with E-state index in [2.05, 4.69) is 52.2 Å². The monoisotopic (exact) mass is 347 g/mol. The largest absolute Gasteiger partial charge is 0.306 e. The highest BCUT2D eigenvalue weighted by atomic mass is 79.9. The van der Waals surface area contributed by atoms with Crippen molar-refractivity contribution in [1.29, 1.82) is 0 Å². The van der Waals surface area contributed by atoms with Crippen molar-refractivity contribution in [2.24, 2.45) is 0 Å². The van der Waals surface area contributed by atoms with Crippen LogP contribution in [0.2, 0.25) is 0 Å². The highest BCUT2D eigenvalue weighted by molar-refractivity contribution is 9.10. The predicted octanol–water partition coefficient (Wildman–Crippen LogP) is 4.12. The summed E-state index contributed by atoms with van der Waals surface area (Å²) < 4.78 is 1.01. The van der Waals surface area contributed by atoms with Crippen LogP contribution >= 0.6 is 15.9 Å². The van der Waals surface area contributed by atoms with E-state index in [-0.39, 0.29) is 11.3 Å². The number of aromatic amines is 1. The maximum Gasteiger partial charge on any atom is 0.249 e. The van der Waals surface area contributed by atoms with E-state index in [1.165, 1.54) is 6.08 Å². The third kappa shape index (κ3) is 4.56. The van der Waals surface area contributed by atoms with Crippen LogP contribution < -0.4 is 5.32 Å². The Labute approximate surface area is 132 Å². The number of anilines is 1. The predicted molar refractivity (Wildman–Crippen MR) is 89.1 cm³/mol. The number of halogens is 1. The highest BCUT2D eigenvalue weighted by Crippen LogP contribution is 2.21. The first-order valence-corrected chi connectivity index (χ1v) is 7.44. The van der Waals surface area contributed by atoms with Crippen molar-refractivity contribution in [1.82, 2.24) is 10.2 Å². The molecule has 0 saturated carbocycles. The molecular formula is C16H18BrN3O. The quantitative estimate of drug-likeness (QED) is 0.820. The number of carbonyl (C=O) groups excluding carboxylic acids is 1. The van der Waals surface area contributed by atoms with E-state index in [1.54, 1.807) is 6.08 Å². The van der Waals surface area contributed by atoms with E-state index >= 15 is 0 Å². The second kappa shape index (κ2) is 6.26. The number of aromatic nitrogens is 2. The summed E-state index contributed by atoms with van der Waals surface area (Å²) >= 11 is 3.37.